The molecule has 1 aliphatic carbocycles. The van der Waals surface area contributed by atoms with E-state index < -0.39 is 0 Å². The maximum Gasteiger partial charge on any atom is 0.259 e. The number of hydrogen-bond acceptors (Lipinski definition) is 4. The van der Waals surface area contributed by atoms with E-state index in [1.165, 1.54) is 16.0 Å². The van der Waals surface area contributed by atoms with Crippen molar-refractivity contribution in [1.82, 2.24) is 15.3 Å². The fourth-order valence-corrected chi connectivity index (χ4v) is 5.31. The summed E-state index contributed by atoms with van der Waals surface area (Å²) in [7, 11) is 0. The van der Waals surface area contributed by atoms with Crippen LogP contribution in [0.2, 0.25) is 0 Å². The van der Waals surface area contributed by atoms with Crippen LogP contribution in [0.1, 0.15) is 61.0 Å². The van der Waals surface area contributed by atoms with E-state index in [2.05, 4.69) is 55.3 Å². The largest absolute Gasteiger partial charge is 0.309 e. The summed E-state index contributed by atoms with van der Waals surface area (Å²) in [5.74, 6) is 1.84. The second-order valence-electron chi connectivity index (χ2n) is 7.92. The number of H-pyrrole nitrogens is 1. The molecule has 5 heteroatoms. The minimum atomic E-state index is 0.00585. The van der Waals surface area contributed by atoms with Gasteiger partial charge in [0.25, 0.3) is 5.56 Å². The normalized spacial score (nSPS) is 19.0. The zero-order chi connectivity index (χ0) is 19.0. The van der Waals surface area contributed by atoms with Crippen molar-refractivity contribution in [2.75, 3.05) is 6.54 Å². The molecule has 4 nitrogen and oxygen atoms in total. The third-order valence-electron chi connectivity index (χ3n) is 5.69. The second kappa shape index (κ2) is 7.56. The van der Waals surface area contributed by atoms with Crippen LogP contribution in [0.4, 0.5) is 0 Å². The Balaban J connectivity index is 1.54. The quantitative estimate of drug-likeness (QED) is 0.681. The third kappa shape index (κ3) is 3.71. The summed E-state index contributed by atoms with van der Waals surface area (Å²) >= 11 is 1.71. The highest BCUT2D eigenvalue weighted by Crippen LogP contribution is 2.35. The molecule has 2 heterocycles. The molecule has 0 aliphatic heterocycles. The fraction of sp³-hybridized carbons (Fsp3) is 0.455. The van der Waals surface area contributed by atoms with Gasteiger partial charge < -0.3 is 10.3 Å². The minimum Gasteiger partial charge on any atom is -0.309 e. The van der Waals surface area contributed by atoms with Crippen LogP contribution in [0.3, 0.4) is 0 Å². The van der Waals surface area contributed by atoms with Gasteiger partial charge in [0.1, 0.15) is 10.7 Å². The first-order valence-electron chi connectivity index (χ1n) is 9.85. The van der Waals surface area contributed by atoms with Crippen molar-refractivity contribution >= 4 is 21.6 Å². The van der Waals surface area contributed by atoms with E-state index in [-0.39, 0.29) is 11.6 Å². The van der Waals surface area contributed by atoms with Crippen molar-refractivity contribution in [3.05, 3.63) is 62.5 Å². The Morgan fingerprint density at radius 2 is 2.07 bits per heavy atom. The number of aromatic nitrogens is 2. The van der Waals surface area contributed by atoms with Gasteiger partial charge in [0.05, 0.1) is 11.4 Å². The van der Waals surface area contributed by atoms with Crippen LogP contribution in [0.25, 0.3) is 10.2 Å². The molecule has 1 aromatic carbocycles. The minimum absolute atomic E-state index is 0.00585. The van der Waals surface area contributed by atoms with Crippen molar-refractivity contribution in [3.8, 4) is 0 Å². The van der Waals surface area contributed by atoms with E-state index in [4.69, 9.17) is 4.98 Å². The predicted molar refractivity (Wildman–Crippen MR) is 113 cm³/mol. The van der Waals surface area contributed by atoms with Gasteiger partial charge in [-0.2, -0.15) is 0 Å². The van der Waals surface area contributed by atoms with Gasteiger partial charge in [-0.05, 0) is 49.1 Å². The number of nitrogens with one attached hydrogen (secondary N) is 2. The second-order valence-corrected chi connectivity index (χ2v) is 9.01. The van der Waals surface area contributed by atoms with Gasteiger partial charge in [-0.15, -0.1) is 11.3 Å². The summed E-state index contributed by atoms with van der Waals surface area (Å²) in [5.41, 5.74) is 2.58. The smallest absolute Gasteiger partial charge is 0.259 e. The van der Waals surface area contributed by atoms with Crippen molar-refractivity contribution in [2.45, 2.75) is 52.0 Å². The predicted octanol–water partition coefficient (Wildman–Crippen LogP) is 4.56. The highest BCUT2D eigenvalue weighted by Gasteiger charge is 2.23. The Kier molecular flexibility index (Phi) is 5.15. The van der Waals surface area contributed by atoms with Crippen molar-refractivity contribution < 1.29 is 0 Å². The molecule has 0 radical (unpaired) electrons. The average molecular weight is 382 g/mol. The number of thiophene rings is 1. The first kappa shape index (κ1) is 18.4. The standard InChI is InChI=1S/C22H27N3OS/c1-13-9-10-17-18(11-13)27-22-19(17)21(26)24-20(25-22)15(3)23-12-14(2)16-7-5-4-6-8-16/h4-8,13-15,23H,9-12H2,1-3H3,(H,24,25,26)/t13-,14-,15-/m1/s1. The lowest BCUT2D eigenvalue weighted by Crippen LogP contribution is -2.27. The molecular formula is C22H27N3OS. The number of aromatic amines is 1. The van der Waals surface area contributed by atoms with Crippen LogP contribution in [-0.4, -0.2) is 16.5 Å². The molecule has 2 aromatic heterocycles. The fourth-order valence-electron chi connectivity index (χ4n) is 3.92. The van der Waals surface area contributed by atoms with Gasteiger partial charge in [0.2, 0.25) is 0 Å². The van der Waals surface area contributed by atoms with Gasteiger partial charge in [0.15, 0.2) is 0 Å². The third-order valence-corrected chi connectivity index (χ3v) is 6.84. The molecule has 4 rings (SSSR count). The molecule has 0 fully saturated rings. The number of rotatable bonds is 5. The average Bonchev–Trinajstić information content (AvgIpc) is 3.04. The zero-order valence-electron chi connectivity index (χ0n) is 16.2. The summed E-state index contributed by atoms with van der Waals surface area (Å²) in [6.07, 6.45) is 3.24. The molecule has 3 atom stereocenters. The lowest BCUT2D eigenvalue weighted by atomic mass is 9.89. The van der Waals surface area contributed by atoms with Crippen LogP contribution in [0.15, 0.2) is 35.1 Å². The SMILES string of the molecule is C[C@@H]1CCc2c(sc3nc([C@@H](C)NC[C@@H](C)c4ccccc4)[nH]c(=O)c23)C1. The highest BCUT2D eigenvalue weighted by atomic mass is 32.1. The molecule has 0 amide bonds. The van der Waals surface area contributed by atoms with Crippen LogP contribution >= 0.6 is 11.3 Å². The summed E-state index contributed by atoms with van der Waals surface area (Å²) in [6, 6.07) is 10.5. The van der Waals surface area contributed by atoms with Gasteiger partial charge in [-0.1, -0.05) is 44.2 Å². The number of benzene rings is 1. The van der Waals surface area contributed by atoms with Crippen molar-refractivity contribution in [1.29, 1.82) is 0 Å². The van der Waals surface area contributed by atoms with Crippen LogP contribution in [0.5, 0.6) is 0 Å². The molecule has 2 N–H and O–H groups in total. The number of nitrogens with zero attached hydrogens (tertiary/aromatic N) is 1. The number of hydrogen-bond donors (Lipinski definition) is 2. The molecule has 0 spiro atoms. The van der Waals surface area contributed by atoms with Crippen LogP contribution in [-0.2, 0) is 12.8 Å². The summed E-state index contributed by atoms with van der Waals surface area (Å²) < 4.78 is 0. The first-order valence-corrected chi connectivity index (χ1v) is 10.7. The van der Waals surface area contributed by atoms with Gasteiger partial charge in [-0.3, -0.25) is 4.79 Å². The van der Waals surface area contributed by atoms with E-state index in [9.17, 15) is 4.79 Å². The van der Waals surface area contributed by atoms with Crippen molar-refractivity contribution in [3.63, 3.8) is 0 Å². The van der Waals surface area contributed by atoms with E-state index >= 15 is 0 Å². The van der Waals surface area contributed by atoms with E-state index in [1.54, 1.807) is 11.3 Å². The Labute approximate surface area is 164 Å². The van der Waals surface area contributed by atoms with E-state index in [0.717, 1.165) is 41.8 Å². The summed E-state index contributed by atoms with van der Waals surface area (Å²) in [4.78, 5) is 22.9. The topological polar surface area (TPSA) is 57.8 Å². The van der Waals surface area contributed by atoms with Crippen LogP contribution < -0.4 is 10.9 Å². The maximum atomic E-state index is 12.8. The van der Waals surface area contributed by atoms with Crippen LogP contribution in [0, 0.1) is 5.92 Å². The Morgan fingerprint density at radius 3 is 2.85 bits per heavy atom. The maximum absolute atomic E-state index is 12.8. The molecule has 0 bridgehead atoms. The molecule has 1 aliphatic rings. The van der Waals surface area contributed by atoms with Gasteiger partial charge >= 0.3 is 0 Å². The van der Waals surface area contributed by atoms with Crippen molar-refractivity contribution in [2.24, 2.45) is 5.92 Å². The first-order chi connectivity index (χ1) is 13.0. The molecule has 0 unspecified atom stereocenters. The molecule has 27 heavy (non-hydrogen) atoms. The van der Waals surface area contributed by atoms with Gasteiger partial charge in [-0.25, -0.2) is 4.98 Å². The lowest BCUT2D eigenvalue weighted by molar-refractivity contribution is 0.508. The summed E-state index contributed by atoms with van der Waals surface area (Å²) in [6.45, 7) is 7.40. The summed E-state index contributed by atoms with van der Waals surface area (Å²) in [5, 5.41) is 4.36. The molecule has 3 aromatic rings. The molecule has 0 saturated carbocycles. The number of fused-ring (bicyclic) bond motifs is 3. The Morgan fingerprint density at radius 1 is 1.30 bits per heavy atom. The molecule has 0 saturated heterocycles. The highest BCUT2D eigenvalue weighted by molar-refractivity contribution is 7.18. The molecular weight excluding hydrogens is 354 g/mol. The van der Waals surface area contributed by atoms with E-state index in [0.29, 0.717) is 11.8 Å². The zero-order valence-corrected chi connectivity index (χ0v) is 17.0. The van der Waals surface area contributed by atoms with E-state index in [1.807, 2.05) is 6.07 Å². The number of aryl methyl sites for hydroxylation is 1. The monoisotopic (exact) mass is 381 g/mol. The Hall–Kier alpha value is -1.98. The Bertz CT molecular complexity index is 992. The van der Waals surface area contributed by atoms with Gasteiger partial charge in [0, 0.05) is 11.4 Å². The molecule has 142 valence electrons. The lowest BCUT2D eigenvalue weighted by Gasteiger charge is -2.18.